The second-order valence-corrected chi connectivity index (χ2v) is 4.87. The van der Waals surface area contributed by atoms with Crippen LogP contribution in [-0.4, -0.2) is 22.2 Å². The predicted molar refractivity (Wildman–Crippen MR) is 68.6 cm³/mol. The lowest BCUT2D eigenvalue weighted by Crippen LogP contribution is -2.37. The first-order chi connectivity index (χ1) is 7.72. The molecule has 3 heteroatoms. The highest BCUT2D eigenvalue weighted by atomic mass is 79.9. The minimum atomic E-state index is 0.184. The lowest BCUT2D eigenvalue weighted by molar-refractivity contribution is -0.130. The smallest absolute Gasteiger partial charge is 0.233 e. The number of nitrogens with zero attached hydrogens (tertiary/aromatic N) is 1. The molecular weight excluding hydrogens is 266 g/mol. The molecule has 1 atom stereocenters. The van der Waals surface area contributed by atoms with Gasteiger partial charge in [-0.25, -0.2) is 0 Å². The Morgan fingerprint density at radius 1 is 1.44 bits per heavy atom. The number of alkyl halides is 1. The Morgan fingerprint density at radius 3 is 2.81 bits per heavy atom. The molecule has 0 aliphatic carbocycles. The third-order valence-electron chi connectivity index (χ3n) is 3.26. The molecule has 1 unspecified atom stereocenters. The Bertz CT molecular complexity index is 391. The van der Waals surface area contributed by atoms with Crippen molar-refractivity contribution in [2.45, 2.75) is 32.4 Å². The van der Waals surface area contributed by atoms with E-state index in [1.54, 1.807) is 0 Å². The highest BCUT2D eigenvalue weighted by molar-refractivity contribution is 9.09. The largest absolute Gasteiger partial charge is 0.335 e. The third-order valence-corrected chi connectivity index (χ3v) is 3.74. The molecule has 16 heavy (non-hydrogen) atoms. The van der Waals surface area contributed by atoms with Crippen LogP contribution in [0.25, 0.3) is 0 Å². The van der Waals surface area contributed by atoms with Crippen LogP contribution in [0, 0.1) is 0 Å². The van der Waals surface area contributed by atoms with Crippen LogP contribution >= 0.6 is 15.9 Å². The van der Waals surface area contributed by atoms with Crippen LogP contribution in [-0.2, 0) is 17.8 Å². The molecule has 1 amide bonds. The SMILES string of the molecule is CC1CCc2ccccc2CN1C(=O)CBr. The molecule has 0 radical (unpaired) electrons. The Balaban J connectivity index is 2.27. The van der Waals surface area contributed by atoms with Crippen molar-refractivity contribution in [1.82, 2.24) is 4.90 Å². The highest BCUT2D eigenvalue weighted by Crippen LogP contribution is 2.22. The van der Waals surface area contributed by atoms with Crippen LogP contribution in [0.4, 0.5) is 0 Å². The number of rotatable bonds is 1. The molecule has 0 N–H and O–H groups in total. The average molecular weight is 282 g/mol. The summed E-state index contributed by atoms with van der Waals surface area (Å²) in [7, 11) is 0. The highest BCUT2D eigenvalue weighted by Gasteiger charge is 2.23. The van der Waals surface area contributed by atoms with Crippen molar-refractivity contribution in [3.05, 3.63) is 35.4 Å². The average Bonchev–Trinajstić information content (AvgIpc) is 2.48. The van der Waals surface area contributed by atoms with E-state index < -0.39 is 0 Å². The molecule has 1 aliphatic heterocycles. The Hall–Kier alpha value is -0.830. The summed E-state index contributed by atoms with van der Waals surface area (Å²) in [5.41, 5.74) is 2.68. The summed E-state index contributed by atoms with van der Waals surface area (Å²) in [5.74, 6) is 0.184. The lowest BCUT2D eigenvalue weighted by Gasteiger charge is -2.26. The maximum absolute atomic E-state index is 11.8. The molecule has 2 nitrogen and oxygen atoms in total. The van der Waals surface area contributed by atoms with Gasteiger partial charge in [-0.2, -0.15) is 0 Å². The Labute approximate surface area is 105 Å². The molecule has 0 saturated carbocycles. The lowest BCUT2D eigenvalue weighted by atomic mass is 10.0. The van der Waals surface area contributed by atoms with Gasteiger partial charge in [0, 0.05) is 12.6 Å². The Kier molecular flexibility index (Phi) is 3.64. The van der Waals surface area contributed by atoms with Crippen molar-refractivity contribution >= 4 is 21.8 Å². The van der Waals surface area contributed by atoms with Crippen molar-refractivity contribution in [3.63, 3.8) is 0 Å². The fourth-order valence-corrected chi connectivity index (χ4v) is 2.55. The normalized spacial score (nSPS) is 20.1. The van der Waals surface area contributed by atoms with Crippen LogP contribution in [0.3, 0.4) is 0 Å². The van der Waals surface area contributed by atoms with Crippen LogP contribution in [0.2, 0.25) is 0 Å². The van der Waals surface area contributed by atoms with Gasteiger partial charge in [-0.05, 0) is 30.9 Å². The summed E-state index contributed by atoms with van der Waals surface area (Å²) < 4.78 is 0. The van der Waals surface area contributed by atoms with Crippen molar-refractivity contribution in [2.75, 3.05) is 5.33 Å². The molecule has 1 aromatic rings. The number of amides is 1. The van der Waals surface area contributed by atoms with E-state index in [-0.39, 0.29) is 5.91 Å². The molecule has 0 spiro atoms. The molecule has 2 rings (SSSR count). The summed E-state index contributed by atoms with van der Waals surface area (Å²) in [4.78, 5) is 13.8. The summed E-state index contributed by atoms with van der Waals surface area (Å²) in [5, 5.41) is 0.416. The van der Waals surface area contributed by atoms with Gasteiger partial charge in [0.15, 0.2) is 0 Å². The van der Waals surface area contributed by atoms with Gasteiger partial charge < -0.3 is 4.90 Å². The van der Waals surface area contributed by atoms with E-state index in [0.717, 1.165) is 19.4 Å². The fourth-order valence-electron chi connectivity index (χ4n) is 2.23. The van der Waals surface area contributed by atoms with Crippen LogP contribution in [0.5, 0.6) is 0 Å². The summed E-state index contributed by atoms with van der Waals surface area (Å²) in [6, 6.07) is 8.75. The molecule has 0 saturated heterocycles. The summed E-state index contributed by atoms with van der Waals surface area (Å²) in [6.07, 6.45) is 2.12. The van der Waals surface area contributed by atoms with Crippen molar-refractivity contribution in [1.29, 1.82) is 0 Å². The zero-order valence-electron chi connectivity index (χ0n) is 9.45. The van der Waals surface area contributed by atoms with Gasteiger partial charge in [-0.15, -0.1) is 0 Å². The van der Waals surface area contributed by atoms with Gasteiger partial charge in [-0.1, -0.05) is 40.2 Å². The van der Waals surface area contributed by atoms with Gasteiger partial charge in [0.2, 0.25) is 5.91 Å². The van der Waals surface area contributed by atoms with E-state index in [0.29, 0.717) is 11.4 Å². The van der Waals surface area contributed by atoms with E-state index in [1.807, 2.05) is 11.0 Å². The first kappa shape index (κ1) is 11.6. The van der Waals surface area contributed by atoms with Crippen molar-refractivity contribution < 1.29 is 4.79 Å². The number of carbonyl (C=O) groups is 1. The van der Waals surface area contributed by atoms with E-state index in [9.17, 15) is 4.79 Å². The van der Waals surface area contributed by atoms with E-state index in [2.05, 4.69) is 41.1 Å². The predicted octanol–water partition coefficient (Wildman–Crippen LogP) is 2.74. The van der Waals surface area contributed by atoms with Gasteiger partial charge in [0.1, 0.15) is 0 Å². The molecule has 86 valence electrons. The maximum atomic E-state index is 11.8. The number of hydrogen-bond donors (Lipinski definition) is 0. The van der Waals surface area contributed by atoms with Crippen LogP contribution in [0.1, 0.15) is 24.5 Å². The molecule has 0 fully saturated rings. The second-order valence-electron chi connectivity index (χ2n) is 4.31. The molecular formula is C13H16BrNO. The van der Waals surface area contributed by atoms with Gasteiger partial charge in [-0.3, -0.25) is 4.79 Å². The number of benzene rings is 1. The number of hydrogen-bond acceptors (Lipinski definition) is 1. The Morgan fingerprint density at radius 2 is 2.12 bits per heavy atom. The van der Waals surface area contributed by atoms with Crippen molar-refractivity contribution in [3.8, 4) is 0 Å². The number of halogens is 1. The molecule has 1 aromatic carbocycles. The third kappa shape index (κ3) is 2.29. The topological polar surface area (TPSA) is 20.3 Å². The zero-order valence-corrected chi connectivity index (χ0v) is 11.0. The number of aryl methyl sites for hydroxylation is 1. The number of carbonyl (C=O) groups excluding carboxylic acids is 1. The standard InChI is InChI=1S/C13H16BrNO/c1-10-6-7-11-4-2-3-5-12(11)9-15(10)13(16)8-14/h2-5,10H,6-9H2,1H3. The minimum Gasteiger partial charge on any atom is -0.335 e. The molecule has 1 heterocycles. The van der Waals surface area contributed by atoms with Gasteiger partial charge in [0.25, 0.3) is 0 Å². The first-order valence-electron chi connectivity index (χ1n) is 5.64. The zero-order chi connectivity index (χ0) is 11.5. The van der Waals surface area contributed by atoms with E-state index in [4.69, 9.17) is 0 Å². The van der Waals surface area contributed by atoms with Gasteiger partial charge in [0.05, 0.1) is 5.33 Å². The summed E-state index contributed by atoms with van der Waals surface area (Å²) >= 11 is 3.25. The van der Waals surface area contributed by atoms with E-state index in [1.165, 1.54) is 11.1 Å². The molecule has 0 aromatic heterocycles. The fraction of sp³-hybridized carbons (Fsp3) is 0.462. The monoisotopic (exact) mass is 281 g/mol. The van der Waals surface area contributed by atoms with E-state index >= 15 is 0 Å². The second kappa shape index (κ2) is 5.00. The minimum absolute atomic E-state index is 0.184. The maximum Gasteiger partial charge on any atom is 0.233 e. The quantitative estimate of drug-likeness (QED) is 0.725. The van der Waals surface area contributed by atoms with Crippen molar-refractivity contribution in [2.24, 2.45) is 0 Å². The molecule has 0 bridgehead atoms. The molecule has 1 aliphatic rings. The number of fused-ring (bicyclic) bond motifs is 1. The van der Waals surface area contributed by atoms with Crippen LogP contribution in [0.15, 0.2) is 24.3 Å². The van der Waals surface area contributed by atoms with Gasteiger partial charge >= 0.3 is 0 Å². The van der Waals surface area contributed by atoms with Crippen LogP contribution < -0.4 is 0 Å². The summed E-state index contributed by atoms with van der Waals surface area (Å²) in [6.45, 7) is 2.88. The first-order valence-corrected chi connectivity index (χ1v) is 6.76.